The van der Waals surface area contributed by atoms with E-state index in [2.05, 4.69) is 42.5 Å². The molecule has 2 nitrogen and oxygen atoms in total. The lowest BCUT2D eigenvalue weighted by atomic mass is 9.66. The maximum Gasteiger partial charge on any atom is 0.416 e. The molecule has 6 heteroatoms. The average molecular weight is 386 g/mol. The van der Waals surface area contributed by atoms with Gasteiger partial charge in [-0.05, 0) is 32.8 Å². The molecule has 0 N–H and O–H groups in total. The molecule has 0 fully saturated rings. The lowest BCUT2D eigenvalue weighted by Crippen LogP contribution is -2.19. The summed E-state index contributed by atoms with van der Waals surface area (Å²) in [5.41, 5.74) is 1.80. The largest absolute Gasteiger partial charge is 0.416 e. The minimum Gasteiger partial charge on any atom is -0.332 e. The molecule has 0 saturated heterocycles. The standard InChI is InChI=1S/C15H14BF3.C7H12N2/c17-15(18,19)13-6-8-14(9-7-13)16-11-10-12-4-2-1-3-5-12;1-7(2,3)9-5-4-8-6-9/h1-9,16H,10-11H2;4-6H,1-3H3. The third-order valence-corrected chi connectivity index (χ3v) is 4.33. The molecule has 3 rings (SSSR count). The Kier molecular flexibility index (Phi) is 7.49. The fourth-order valence-corrected chi connectivity index (χ4v) is 2.66. The summed E-state index contributed by atoms with van der Waals surface area (Å²) in [6.45, 7) is 6.44. The fourth-order valence-electron chi connectivity index (χ4n) is 2.66. The Bertz CT molecular complexity index is 806. The molecule has 1 heterocycles. The van der Waals surface area contributed by atoms with Crippen LogP contribution >= 0.6 is 0 Å². The number of nitrogens with zero attached hydrogens (tertiary/aromatic N) is 2. The number of hydrogen-bond acceptors (Lipinski definition) is 1. The number of alkyl halides is 3. The van der Waals surface area contributed by atoms with Gasteiger partial charge in [-0.3, -0.25) is 0 Å². The third-order valence-electron chi connectivity index (χ3n) is 4.33. The van der Waals surface area contributed by atoms with E-state index in [1.807, 2.05) is 30.7 Å². The quantitative estimate of drug-likeness (QED) is 0.573. The predicted octanol–water partition coefficient (Wildman–Crippen LogP) is 5.07. The number of benzene rings is 2. The van der Waals surface area contributed by atoms with Crippen LogP contribution in [0.15, 0.2) is 73.3 Å². The number of aryl methyl sites for hydroxylation is 1. The van der Waals surface area contributed by atoms with Gasteiger partial charge < -0.3 is 4.57 Å². The minimum absolute atomic E-state index is 0.177. The van der Waals surface area contributed by atoms with Gasteiger partial charge in [-0.2, -0.15) is 13.2 Å². The second-order valence-corrected chi connectivity index (χ2v) is 7.67. The van der Waals surface area contributed by atoms with Crippen LogP contribution in [-0.4, -0.2) is 16.8 Å². The van der Waals surface area contributed by atoms with Gasteiger partial charge in [-0.1, -0.05) is 66.4 Å². The molecule has 2 aromatic carbocycles. The van der Waals surface area contributed by atoms with Crippen LogP contribution in [0.5, 0.6) is 0 Å². The van der Waals surface area contributed by atoms with E-state index in [0.29, 0.717) is 0 Å². The molecule has 0 aliphatic carbocycles. The van der Waals surface area contributed by atoms with Crippen LogP contribution < -0.4 is 5.46 Å². The molecule has 148 valence electrons. The van der Waals surface area contributed by atoms with Gasteiger partial charge in [-0.15, -0.1) is 0 Å². The molecular weight excluding hydrogens is 360 g/mol. The summed E-state index contributed by atoms with van der Waals surface area (Å²) >= 11 is 0. The molecule has 0 radical (unpaired) electrons. The summed E-state index contributed by atoms with van der Waals surface area (Å²) in [5, 5.41) is 0. The molecule has 28 heavy (non-hydrogen) atoms. The van der Waals surface area contributed by atoms with Crippen molar-refractivity contribution in [3.63, 3.8) is 0 Å². The number of aromatic nitrogens is 2. The summed E-state index contributed by atoms with van der Waals surface area (Å²) in [6, 6.07) is 15.5. The Labute approximate surface area is 165 Å². The maximum absolute atomic E-state index is 12.4. The zero-order valence-electron chi connectivity index (χ0n) is 16.6. The SMILES string of the molecule is CC(C)(C)n1ccnc1.FC(F)(F)c1ccc(BCCc2ccccc2)cc1. The first-order chi connectivity index (χ1) is 13.2. The highest BCUT2D eigenvalue weighted by Gasteiger charge is 2.29. The minimum atomic E-state index is -4.25. The van der Waals surface area contributed by atoms with Crippen LogP contribution in [0.4, 0.5) is 13.2 Å². The topological polar surface area (TPSA) is 17.8 Å². The van der Waals surface area contributed by atoms with Crippen molar-refractivity contribution in [2.24, 2.45) is 0 Å². The van der Waals surface area contributed by atoms with Gasteiger partial charge in [0.05, 0.1) is 11.9 Å². The zero-order chi connectivity index (χ0) is 20.6. The van der Waals surface area contributed by atoms with Crippen molar-refractivity contribution in [3.8, 4) is 0 Å². The Morgan fingerprint density at radius 3 is 2.04 bits per heavy atom. The molecule has 0 aliphatic heterocycles. The van der Waals surface area contributed by atoms with Crippen molar-refractivity contribution in [2.75, 3.05) is 0 Å². The Morgan fingerprint density at radius 1 is 0.929 bits per heavy atom. The molecular formula is C22H26BF3N2. The normalized spacial score (nSPS) is 11.5. The van der Waals surface area contributed by atoms with E-state index in [0.717, 1.165) is 37.6 Å². The molecule has 0 amide bonds. The Hall–Kier alpha value is -2.50. The summed E-state index contributed by atoms with van der Waals surface area (Å²) in [7, 11) is 0.799. The summed E-state index contributed by atoms with van der Waals surface area (Å²) in [4.78, 5) is 3.95. The van der Waals surface area contributed by atoms with E-state index in [1.54, 1.807) is 18.3 Å². The summed E-state index contributed by atoms with van der Waals surface area (Å²) in [6.07, 6.45) is 3.24. The van der Waals surface area contributed by atoms with Gasteiger partial charge in [0.1, 0.15) is 0 Å². The molecule has 3 aromatic rings. The number of halogens is 3. The van der Waals surface area contributed by atoms with Crippen LogP contribution in [0.2, 0.25) is 6.32 Å². The number of rotatable bonds is 4. The van der Waals surface area contributed by atoms with Crippen molar-refractivity contribution in [1.82, 2.24) is 9.55 Å². The molecule has 0 bridgehead atoms. The predicted molar refractivity (Wildman–Crippen MR) is 110 cm³/mol. The highest BCUT2D eigenvalue weighted by atomic mass is 19.4. The monoisotopic (exact) mass is 386 g/mol. The first-order valence-electron chi connectivity index (χ1n) is 9.35. The van der Waals surface area contributed by atoms with Crippen LogP contribution in [0.25, 0.3) is 0 Å². The number of hydrogen-bond donors (Lipinski definition) is 0. The van der Waals surface area contributed by atoms with E-state index in [9.17, 15) is 13.2 Å². The van der Waals surface area contributed by atoms with Crippen LogP contribution in [0, 0.1) is 0 Å². The van der Waals surface area contributed by atoms with E-state index in [4.69, 9.17) is 0 Å². The van der Waals surface area contributed by atoms with Crippen molar-refractivity contribution in [1.29, 1.82) is 0 Å². The van der Waals surface area contributed by atoms with Gasteiger partial charge >= 0.3 is 6.18 Å². The maximum atomic E-state index is 12.4. The van der Waals surface area contributed by atoms with Gasteiger partial charge in [0.25, 0.3) is 0 Å². The lowest BCUT2D eigenvalue weighted by molar-refractivity contribution is -0.137. The summed E-state index contributed by atoms with van der Waals surface area (Å²) < 4.78 is 39.3. The van der Waals surface area contributed by atoms with Crippen LogP contribution in [0.1, 0.15) is 31.9 Å². The van der Waals surface area contributed by atoms with Gasteiger partial charge in [0.15, 0.2) is 7.28 Å². The highest BCUT2D eigenvalue weighted by molar-refractivity contribution is 6.53. The smallest absolute Gasteiger partial charge is 0.332 e. The third kappa shape index (κ3) is 7.26. The Balaban J connectivity index is 0.000000261. The Morgan fingerprint density at radius 2 is 1.57 bits per heavy atom. The second-order valence-electron chi connectivity index (χ2n) is 7.67. The average Bonchev–Trinajstić information content (AvgIpc) is 3.18. The zero-order valence-corrected chi connectivity index (χ0v) is 16.6. The first-order valence-corrected chi connectivity index (χ1v) is 9.35. The van der Waals surface area contributed by atoms with E-state index < -0.39 is 11.7 Å². The van der Waals surface area contributed by atoms with E-state index in [1.165, 1.54) is 5.56 Å². The van der Waals surface area contributed by atoms with Crippen LogP contribution in [-0.2, 0) is 18.1 Å². The van der Waals surface area contributed by atoms with Crippen molar-refractivity contribution < 1.29 is 13.2 Å². The fraction of sp³-hybridized carbons (Fsp3) is 0.318. The second kappa shape index (κ2) is 9.62. The molecule has 0 spiro atoms. The summed E-state index contributed by atoms with van der Waals surface area (Å²) in [5.74, 6) is 0. The number of imidazole rings is 1. The lowest BCUT2D eigenvalue weighted by Gasteiger charge is -2.19. The van der Waals surface area contributed by atoms with Crippen molar-refractivity contribution in [2.45, 2.75) is 45.2 Å². The van der Waals surface area contributed by atoms with Crippen molar-refractivity contribution >= 4 is 12.7 Å². The van der Waals surface area contributed by atoms with Gasteiger partial charge in [0, 0.05) is 17.9 Å². The van der Waals surface area contributed by atoms with Crippen LogP contribution in [0.3, 0.4) is 0 Å². The highest BCUT2D eigenvalue weighted by Crippen LogP contribution is 2.28. The molecule has 0 atom stereocenters. The molecule has 0 unspecified atom stereocenters. The van der Waals surface area contributed by atoms with E-state index >= 15 is 0 Å². The molecule has 1 aromatic heterocycles. The van der Waals surface area contributed by atoms with Crippen molar-refractivity contribution in [3.05, 3.63) is 84.4 Å². The molecule has 0 aliphatic rings. The van der Waals surface area contributed by atoms with Gasteiger partial charge in [0.2, 0.25) is 0 Å². The van der Waals surface area contributed by atoms with E-state index in [-0.39, 0.29) is 5.54 Å². The van der Waals surface area contributed by atoms with Gasteiger partial charge in [-0.25, -0.2) is 4.98 Å². The first kappa shape index (κ1) is 21.8. The molecule has 0 saturated carbocycles.